The van der Waals surface area contributed by atoms with Gasteiger partial charge in [0.15, 0.2) is 17.5 Å². The Kier molecular flexibility index (Phi) is 5.01. The molecular formula is C24H14BrN5OS2. The highest BCUT2D eigenvalue weighted by Gasteiger charge is 2.30. The van der Waals surface area contributed by atoms with Gasteiger partial charge in [0.2, 0.25) is 0 Å². The summed E-state index contributed by atoms with van der Waals surface area (Å²) in [5, 5.41) is 9.36. The quantitative estimate of drug-likeness (QED) is 0.291. The van der Waals surface area contributed by atoms with Crippen molar-refractivity contribution < 1.29 is 4.79 Å². The first-order chi connectivity index (χ1) is 16.2. The Hall–Kier alpha value is -3.40. The van der Waals surface area contributed by atoms with Gasteiger partial charge < -0.3 is 0 Å². The number of aromatic nitrogens is 2. The summed E-state index contributed by atoms with van der Waals surface area (Å²) in [5.74, 6) is 1.61. The van der Waals surface area contributed by atoms with Crippen LogP contribution in [0.4, 0.5) is 11.5 Å². The van der Waals surface area contributed by atoms with Crippen LogP contribution in [-0.2, 0) is 0 Å². The lowest BCUT2D eigenvalue weighted by Gasteiger charge is -2.26. The van der Waals surface area contributed by atoms with Crippen LogP contribution in [0.3, 0.4) is 0 Å². The topological polar surface area (TPSA) is 70.5 Å². The summed E-state index contributed by atoms with van der Waals surface area (Å²) in [6.07, 6.45) is 0. The average Bonchev–Trinajstić information content (AvgIpc) is 3.54. The molecule has 0 saturated carbocycles. The zero-order valence-electron chi connectivity index (χ0n) is 16.9. The number of rotatable bonds is 3. The maximum Gasteiger partial charge on any atom is 0.273 e. The highest BCUT2D eigenvalue weighted by atomic mass is 79.9. The second-order valence-corrected chi connectivity index (χ2v) is 10.0. The zero-order valence-corrected chi connectivity index (χ0v) is 20.1. The molecule has 6 nitrogen and oxygen atoms in total. The van der Waals surface area contributed by atoms with Crippen molar-refractivity contribution in [2.75, 3.05) is 4.90 Å². The standard InChI is InChI=1S/C24H14BrN5OS2/c25-14-9-10-17-16(13-14)22(27-21(26-17)19-7-3-11-32-19)30-18-6-2-1-5-15(18)24(31)29-28-23(30)20-8-4-12-33-20/h1-13H,(H,29,31). The average molecular weight is 532 g/mol. The fourth-order valence-corrected chi connectivity index (χ4v) is 5.47. The van der Waals surface area contributed by atoms with Gasteiger partial charge in [0, 0.05) is 9.86 Å². The number of halogens is 1. The molecule has 0 unspecified atom stereocenters. The molecule has 1 N–H and O–H groups in total. The molecule has 0 aliphatic carbocycles. The van der Waals surface area contributed by atoms with E-state index in [1.807, 2.05) is 76.3 Å². The third-order valence-electron chi connectivity index (χ3n) is 5.20. The molecule has 0 radical (unpaired) electrons. The monoisotopic (exact) mass is 531 g/mol. The van der Waals surface area contributed by atoms with Crippen molar-refractivity contribution in [2.24, 2.45) is 5.10 Å². The maximum atomic E-state index is 12.9. The highest BCUT2D eigenvalue weighted by Crippen LogP contribution is 2.38. The van der Waals surface area contributed by atoms with Gasteiger partial charge in [0.25, 0.3) is 5.91 Å². The van der Waals surface area contributed by atoms with E-state index in [1.54, 1.807) is 28.7 Å². The first-order valence-corrected chi connectivity index (χ1v) is 12.6. The summed E-state index contributed by atoms with van der Waals surface area (Å²) >= 11 is 6.73. The Morgan fingerprint density at radius 3 is 2.45 bits per heavy atom. The molecule has 1 aliphatic rings. The van der Waals surface area contributed by atoms with Gasteiger partial charge >= 0.3 is 0 Å². The lowest BCUT2D eigenvalue weighted by atomic mass is 10.1. The number of hydrazone groups is 1. The van der Waals surface area contributed by atoms with E-state index in [0.29, 0.717) is 28.7 Å². The molecule has 3 aromatic heterocycles. The second-order valence-electron chi connectivity index (χ2n) is 7.22. The normalized spacial score (nSPS) is 13.4. The number of carbonyl (C=O) groups is 1. The Bertz CT molecular complexity index is 1530. The molecule has 0 bridgehead atoms. The van der Waals surface area contributed by atoms with Gasteiger partial charge in [-0.3, -0.25) is 9.69 Å². The third-order valence-corrected chi connectivity index (χ3v) is 7.42. The Balaban J connectivity index is 1.71. The summed E-state index contributed by atoms with van der Waals surface area (Å²) in [6, 6.07) is 21.3. The fourth-order valence-electron chi connectivity index (χ4n) is 3.75. The predicted octanol–water partition coefficient (Wildman–Crippen LogP) is 6.43. The molecule has 33 heavy (non-hydrogen) atoms. The van der Waals surface area contributed by atoms with Crippen LogP contribution < -0.4 is 10.3 Å². The van der Waals surface area contributed by atoms with E-state index in [9.17, 15) is 4.79 Å². The minimum atomic E-state index is -0.264. The number of nitrogens with zero attached hydrogens (tertiary/aromatic N) is 4. The SMILES string of the molecule is O=C1NN=C(c2cccs2)N(c2nc(-c3cccs3)nc3ccc(Br)cc23)c2ccccc21. The number of amidine groups is 1. The van der Waals surface area contributed by atoms with Crippen LogP contribution in [0, 0.1) is 0 Å². The van der Waals surface area contributed by atoms with E-state index in [1.165, 1.54) is 0 Å². The van der Waals surface area contributed by atoms with E-state index < -0.39 is 0 Å². The molecule has 0 saturated heterocycles. The van der Waals surface area contributed by atoms with Crippen molar-refractivity contribution in [1.82, 2.24) is 15.4 Å². The largest absolute Gasteiger partial charge is 0.275 e. The number of thiophene rings is 2. The number of fused-ring (bicyclic) bond motifs is 2. The van der Waals surface area contributed by atoms with Gasteiger partial charge in [-0.2, -0.15) is 5.10 Å². The number of anilines is 2. The lowest BCUT2D eigenvalue weighted by molar-refractivity contribution is 0.0956. The Morgan fingerprint density at radius 2 is 1.67 bits per heavy atom. The number of carbonyl (C=O) groups excluding carboxylic acids is 1. The van der Waals surface area contributed by atoms with Crippen molar-refractivity contribution in [3.05, 3.63) is 92.4 Å². The minimum Gasteiger partial charge on any atom is -0.275 e. The number of nitrogens with one attached hydrogen (secondary N) is 1. The first-order valence-electron chi connectivity index (χ1n) is 10.0. The molecule has 9 heteroatoms. The molecule has 0 fully saturated rings. The Morgan fingerprint density at radius 1 is 0.879 bits per heavy atom. The van der Waals surface area contributed by atoms with Crippen molar-refractivity contribution in [3.8, 4) is 10.7 Å². The minimum absolute atomic E-state index is 0.264. The van der Waals surface area contributed by atoms with Crippen LogP contribution in [0.1, 0.15) is 15.2 Å². The van der Waals surface area contributed by atoms with Gasteiger partial charge in [-0.15, -0.1) is 22.7 Å². The molecule has 1 amide bonds. The first kappa shape index (κ1) is 20.2. The molecule has 0 spiro atoms. The van der Waals surface area contributed by atoms with E-state index in [-0.39, 0.29) is 5.91 Å². The molecule has 1 aliphatic heterocycles. The van der Waals surface area contributed by atoms with Crippen molar-refractivity contribution >= 4 is 72.8 Å². The molecular weight excluding hydrogens is 518 g/mol. The summed E-state index contributed by atoms with van der Waals surface area (Å²) in [5.41, 5.74) is 4.73. The fraction of sp³-hybridized carbons (Fsp3) is 0. The maximum absolute atomic E-state index is 12.9. The van der Waals surface area contributed by atoms with E-state index in [2.05, 4.69) is 26.5 Å². The van der Waals surface area contributed by atoms with Crippen molar-refractivity contribution in [2.45, 2.75) is 0 Å². The summed E-state index contributed by atoms with van der Waals surface area (Å²) in [6.45, 7) is 0. The van der Waals surface area contributed by atoms with E-state index >= 15 is 0 Å². The van der Waals surface area contributed by atoms with E-state index in [0.717, 1.165) is 25.1 Å². The molecule has 160 valence electrons. The van der Waals surface area contributed by atoms with Crippen LogP contribution in [0.2, 0.25) is 0 Å². The number of hydrogen-bond donors (Lipinski definition) is 1. The van der Waals surface area contributed by atoms with Crippen LogP contribution in [0.15, 0.2) is 87.1 Å². The molecule has 2 aromatic carbocycles. The summed E-state index contributed by atoms with van der Waals surface area (Å²) in [7, 11) is 0. The van der Waals surface area contributed by atoms with Crippen molar-refractivity contribution in [1.29, 1.82) is 0 Å². The van der Waals surface area contributed by atoms with Gasteiger partial charge in [0.1, 0.15) is 0 Å². The van der Waals surface area contributed by atoms with Gasteiger partial charge in [-0.25, -0.2) is 15.4 Å². The van der Waals surface area contributed by atoms with Crippen LogP contribution in [-0.4, -0.2) is 21.7 Å². The van der Waals surface area contributed by atoms with Crippen LogP contribution in [0.25, 0.3) is 21.6 Å². The molecule has 4 heterocycles. The summed E-state index contributed by atoms with van der Waals surface area (Å²) in [4.78, 5) is 26.6. The number of para-hydroxylation sites is 1. The van der Waals surface area contributed by atoms with Crippen molar-refractivity contribution in [3.63, 3.8) is 0 Å². The summed E-state index contributed by atoms with van der Waals surface area (Å²) < 4.78 is 0.913. The number of benzene rings is 2. The molecule has 0 atom stereocenters. The number of amides is 1. The lowest BCUT2D eigenvalue weighted by Crippen LogP contribution is -2.28. The smallest absolute Gasteiger partial charge is 0.273 e. The van der Waals surface area contributed by atoms with Gasteiger partial charge in [-0.1, -0.05) is 40.2 Å². The second kappa shape index (κ2) is 8.18. The van der Waals surface area contributed by atoms with E-state index in [4.69, 9.17) is 9.97 Å². The predicted molar refractivity (Wildman–Crippen MR) is 137 cm³/mol. The van der Waals surface area contributed by atoms with Gasteiger partial charge in [-0.05, 0) is 53.2 Å². The molecule has 5 aromatic rings. The van der Waals surface area contributed by atoms with Crippen LogP contribution >= 0.6 is 38.6 Å². The third kappa shape index (κ3) is 3.54. The van der Waals surface area contributed by atoms with Crippen LogP contribution in [0.5, 0.6) is 0 Å². The molecule has 6 rings (SSSR count). The van der Waals surface area contributed by atoms with Gasteiger partial charge in [0.05, 0.1) is 26.5 Å². The highest BCUT2D eigenvalue weighted by molar-refractivity contribution is 9.10. The Labute approximate surface area is 205 Å². The zero-order chi connectivity index (χ0) is 22.4. The number of hydrogen-bond acceptors (Lipinski definition) is 7.